The first-order chi connectivity index (χ1) is 8.10. The van der Waals surface area contributed by atoms with Crippen LogP contribution in [0.15, 0.2) is 0 Å². The van der Waals surface area contributed by atoms with E-state index in [2.05, 4.69) is 13.8 Å². The summed E-state index contributed by atoms with van der Waals surface area (Å²) in [6.45, 7) is 13.6. The van der Waals surface area contributed by atoms with E-state index in [0.29, 0.717) is 13.2 Å². The molecule has 2 atom stereocenters. The minimum Gasteiger partial charge on any atom is -0.348 e. The molecule has 0 spiro atoms. The van der Waals surface area contributed by atoms with E-state index >= 15 is 0 Å². The Hall–Kier alpha value is -0.160. The van der Waals surface area contributed by atoms with Gasteiger partial charge < -0.3 is 18.9 Å². The molecule has 106 valence electrons. The minimum atomic E-state index is -0.464. The minimum absolute atomic E-state index is 0.0161. The van der Waals surface area contributed by atoms with Crippen molar-refractivity contribution in [3.63, 3.8) is 0 Å². The van der Waals surface area contributed by atoms with Crippen molar-refractivity contribution in [2.24, 2.45) is 5.41 Å². The van der Waals surface area contributed by atoms with Crippen molar-refractivity contribution in [1.82, 2.24) is 0 Å². The molecule has 0 saturated carbocycles. The highest BCUT2D eigenvalue weighted by molar-refractivity contribution is 4.88. The van der Waals surface area contributed by atoms with E-state index in [1.807, 2.05) is 27.7 Å². The zero-order chi connectivity index (χ0) is 13.6. The van der Waals surface area contributed by atoms with Gasteiger partial charge in [-0.05, 0) is 39.5 Å². The lowest BCUT2D eigenvalue weighted by Crippen LogP contribution is -2.37. The van der Waals surface area contributed by atoms with Crippen molar-refractivity contribution < 1.29 is 18.9 Å². The Morgan fingerprint density at radius 2 is 1.50 bits per heavy atom. The molecule has 0 aromatic heterocycles. The van der Waals surface area contributed by atoms with Crippen molar-refractivity contribution >= 4 is 0 Å². The van der Waals surface area contributed by atoms with Crippen LogP contribution in [0.5, 0.6) is 0 Å². The average molecular weight is 258 g/mol. The molecule has 0 N–H and O–H groups in total. The fourth-order valence-electron chi connectivity index (χ4n) is 2.65. The summed E-state index contributed by atoms with van der Waals surface area (Å²) in [6, 6.07) is 0. The molecule has 2 rings (SSSR count). The molecule has 2 aliphatic rings. The van der Waals surface area contributed by atoms with Gasteiger partial charge in [0.05, 0.1) is 25.4 Å². The van der Waals surface area contributed by atoms with Gasteiger partial charge in [-0.3, -0.25) is 0 Å². The fraction of sp³-hybridized carbons (Fsp3) is 1.00. The Morgan fingerprint density at radius 3 is 1.94 bits per heavy atom. The molecule has 2 heterocycles. The van der Waals surface area contributed by atoms with Gasteiger partial charge in [0, 0.05) is 0 Å². The van der Waals surface area contributed by atoms with Crippen LogP contribution in [-0.2, 0) is 18.9 Å². The maximum atomic E-state index is 5.96. The zero-order valence-corrected chi connectivity index (χ0v) is 12.4. The second kappa shape index (κ2) is 4.44. The molecule has 1 unspecified atom stereocenters. The van der Waals surface area contributed by atoms with Crippen molar-refractivity contribution in [3.05, 3.63) is 0 Å². The summed E-state index contributed by atoms with van der Waals surface area (Å²) in [5, 5.41) is 0. The van der Waals surface area contributed by atoms with Gasteiger partial charge in [-0.25, -0.2) is 0 Å². The van der Waals surface area contributed by atoms with Gasteiger partial charge >= 0.3 is 0 Å². The van der Waals surface area contributed by atoms with Crippen molar-refractivity contribution in [2.75, 3.05) is 13.2 Å². The molecule has 0 aliphatic carbocycles. The number of hydrogen-bond donors (Lipinski definition) is 0. The predicted octanol–water partition coefficient (Wildman–Crippen LogP) is 2.71. The monoisotopic (exact) mass is 258 g/mol. The average Bonchev–Trinajstić information content (AvgIpc) is 2.69. The first-order valence-corrected chi connectivity index (χ1v) is 6.73. The summed E-state index contributed by atoms with van der Waals surface area (Å²) >= 11 is 0. The third-order valence-corrected chi connectivity index (χ3v) is 3.70. The Morgan fingerprint density at radius 1 is 0.944 bits per heavy atom. The highest BCUT2D eigenvalue weighted by atomic mass is 16.7. The molecule has 0 aromatic rings. The maximum absolute atomic E-state index is 5.96. The Bertz CT molecular complexity index is 309. The van der Waals surface area contributed by atoms with Gasteiger partial charge in [-0.15, -0.1) is 0 Å². The summed E-state index contributed by atoms with van der Waals surface area (Å²) in [4.78, 5) is 0. The molecule has 2 aliphatic heterocycles. The van der Waals surface area contributed by atoms with E-state index in [4.69, 9.17) is 18.9 Å². The number of rotatable bonds is 3. The molecule has 0 radical (unpaired) electrons. The maximum Gasteiger partial charge on any atom is 0.163 e. The molecular weight excluding hydrogens is 232 g/mol. The molecule has 0 bridgehead atoms. The van der Waals surface area contributed by atoms with E-state index in [9.17, 15) is 0 Å². The summed E-state index contributed by atoms with van der Waals surface area (Å²) in [5.74, 6) is -0.915. The number of ether oxygens (including phenoxy) is 4. The van der Waals surface area contributed by atoms with Crippen molar-refractivity contribution in [3.8, 4) is 0 Å². The fourth-order valence-corrected chi connectivity index (χ4v) is 2.65. The smallest absolute Gasteiger partial charge is 0.163 e. The van der Waals surface area contributed by atoms with Crippen LogP contribution in [0.25, 0.3) is 0 Å². The molecule has 2 saturated heterocycles. The highest BCUT2D eigenvalue weighted by Crippen LogP contribution is 2.39. The molecule has 4 heteroatoms. The van der Waals surface area contributed by atoms with Gasteiger partial charge in [0.25, 0.3) is 0 Å². The summed E-state index contributed by atoms with van der Waals surface area (Å²) in [5.41, 5.74) is 0.0161. The summed E-state index contributed by atoms with van der Waals surface area (Å²) < 4.78 is 23.1. The first-order valence-electron chi connectivity index (χ1n) is 6.73. The third-order valence-electron chi connectivity index (χ3n) is 3.70. The highest BCUT2D eigenvalue weighted by Gasteiger charge is 2.44. The second-order valence-corrected chi connectivity index (χ2v) is 6.96. The lowest BCUT2D eigenvalue weighted by Gasteiger charge is -2.33. The summed E-state index contributed by atoms with van der Waals surface area (Å²) in [7, 11) is 0. The van der Waals surface area contributed by atoms with E-state index < -0.39 is 11.6 Å². The molecule has 0 aromatic carbocycles. The third kappa shape index (κ3) is 3.23. The van der Waals surface area contributed by atoms with Crippen LogP contribution in [0, 0.1) is 5.41 Å². The SMILES string of the molecule is CC1(C)OCC(CC(C)(C)[C@H]2COC(C)(C)O2)O1. The van der Waals surface area contributed by atoms with Gasteiger partial charge in [-0.2, -0.15) is 0 Å². The number of hydrogen-bond acceptors (Lipinski definition) is 4. The Balaban J connectivity index is 1.92. The summed E-state index contributed by atoms with van der Waals surface area (Å²) in [6.07, 6.45) is 1.17. The molecule has 0 amide bonds. The second-order valence-electron chi connectivity index (χ2n) is 6.96. The van der Waals surface area contributed by atoms with Gasteiger partial charge in [0.1, 0.15) is 0 Å². The molecule has 18 heavy (non-hydrogen) atoms. The van der Waals surface area contributed by atoms with Crippen LogP contribution >= 0.6 is 0 Å². The van der Waals surface area contributed by atoms with Crippen LogP contribution < -0.4 is 0 Å². The Labute approximate surface area is 110 Å². The normalized spacial score (nSPS) is 35.0. The quantitative estimate of drug-likeness (QED) is 0.780. The van der Waals surface area contributed by atoms with Gasteiger partial charge in [-0.1, -0.05) is 13.8 Å². The molecule has 4 nitrogen and oxygen atoms in total. The van der Waals surface area contributed by atoms with Gasteiger partial charge in [0.15, 0.2) is 11.6 Å². The van der Waals surface area contributed by atoms with Gasteiger partial charge in [0.2, 0.25) is 0 Å². The zero-order valence-electron chi connectivity index (χ0n) is 12.4. The van der Waals surface area contributed by atoms with Crippen LogP contribution in [0.2, 0.25) is 0 Å². The van der Waals surface area contributed by atoms with E-state index in [1.54, 1.807) is 0 Å². The van der Waals surface area contributed by atoms with Crippen molar-refractivity contribution in [2.45, 2.75) is 71.7 Å². The van der Waals surface area contributed by atoms with E-state index in [1.165, 1.54) is 0 Å². The molecule has 2 fully saturated rings. The van der Waals surface area contributed by atoms with Crippen LogP contribution in [-0.4, -0.2) is 37.0 Å². The lowest BCUT2D eigenvalue weighted by molar-refractivity contribution is -0.161. The van der Waals surface area contributed by atoms with E-state index in [0.717, 1.165) is 6.42 Å². The topological polar surface area (TPSA) is 36.9 Å². The van der Waals surface area contributed by atoms with Crippen LogP contribution in [0.3, 0.4) is 0 Å². The predicted molar refractivity (Wildman–Crippen MR) is 68.2 cm³/mol. The van der Waals surface area contributed by atoms with Crippen LogP contribution in [0.1, 0.15) is 48.0 Å². The standard InChI is InChI=1S/C14H26O4/c1-12(2,11-9-16-14(5,6)18-11)7-10-8-15-13(3,4)17-10/h10-11H,7-9H2,1-6H3/t10?,11-/m1/s1. The van der Waals surface area contributed by atoms with E-state index in [-0.39, 0.29) is 17.6 Å². The van der Waals surface area contributed by atoms with Crippen LogP contribution in [0.4, 0.5) is 0 Å². The largest absolute Gasteiger partial charge is 0.348 e. The Kier molecular flexibility index (Phi) is 3.52. The lowest BCUT2D eigenvalue weighted by atomic mass is 9.81. The van der Waals surface area contributed by atoms with Crippen molar-refractivity contribution in [1.29, 1.82) is 0 Å². The molecular formula is C14H26O4. The first kappa shape index (κ1) is 14.3.